The van der Waals surface area contributed by atoms with E-state index in [1.54, 1.807) is 18.4 Å². The van der Waals surface area contributed by atoms with Crippen LogP contribution in [0.3, 0.4) is 0 Å². The average molecular weight is 467 g/mol. The van der Waals surface area contributed by atoms with Crippen LogP contribution in [0.4, 0.5) is 5.69 Å². The Balaban J connectivity index is 1.62. The first-order valence-electron chi connectivity index (χ1n) is 11.8. The van der Waals surface area contributed by atoms with Gasteiger partial charge in [-0.2, -0.15) is 0 Å². The van der Waals surface area contributed by atoms with Gasteiger partial charge in [0.25, 0.3) is 5.56 Å². The third kappa shape index (κ3) is 4.65. The van der Waals surface area contributed by atoms with Crippen molar-refractivity contribution in [1.82, 2.24) is 14.5 Å². The van der Waals surface area contributed by atoms with Gasteiger partial charge in [-0.05, 0) is 63.4 Å². The van der Waals surface area contributed by atoms with Gasteiger partial charge >= 0.3 is 0 Å². The summed E-state index contributed by atoms with van der Waals surface area (Å²) in [7, 11) is 0. The number of aliphatic hydroxyl groups is 1. The summed E-state index contributed by atoms with van der Waals surface area (Å²) in [6.45, 7) is 8.25. The van der Waals surface area contributed by atoms with Crippen LogP contribution in [0.5, 0.6) is 0 Å². The molecule has 0 amide bonds. The highest BCUT2D eigenvalue weighted by Gasteiger charge is 2.29. The molecule has 0 radical (unpaired) electrons. The van der Waals surface area contributed by atoms with Crippen molar-refractivity contribution >= 4 is 28.2 Å². The summed E-state index contributed by atoms with van der Waals surface area (Å²) in [6, 6.07) is 14.0. The van der Waals surface area contributed by atoms with Gasteiger partial charge in [-0.15, -0.1) is 0 Å². The molecule has 0 saturated carbocycles. The van der Waals surface area contributed by atoms with Gasteiger partial charge in [0.1, 0.15) is 5.82 Å². The van der Waals surface area contributed by atoms with Crippen molar-refractivity contribution in [2.24, 2.45) is 0 Å². The average Bonchev–Trinajstić information content (AvgIpc) is 3.11. The highest BCUT2D eigenvalue weighted by molar-refractivity contribution is 6.30. The fourth-order valence-corrected chi connectivity index (χ4v) is 5.24. The van der Waals surface area contributed by atoms with Crippen molar-refractivity contribution < 1.29 is 5.11 Å². The van der Waals surface area contributed by atoms with E-state index < -0.39 is 5.60 Å². The Morgan fingerprint density at radius 3 is 2.61 bits per heavy atom. The molecule has 6 rings (SSSR count). The lowest BCUT2D eigenvalue weighted by Gasteiger charge is -2.33. The number of benzene rings is 2. The molecule has 0 aliphatic carbocycles. The molecule has 3 aliphatic heterocycles. The van der Waals surface area contributed by atoms with Crippen molar-refractivity contribution in [2.75, 3.05) is 31.1 Å². The summed E-state index contributed by atoms with van der Waals surface area (Å²) in [5, 5.41) is 11.5. The van der Waals surface area contributed by atoms with Crippen molar-refractivity contribution in [3.05, 3.63) is 57.8 Å². The number of fused-ring (bicyclic) bond motifs is 5. The van der Waals surface area contributed by atoms with Crippen LogP contribution in [0, 0.1) is 0 Å². The lowest BCUT2D eigenvalue weighted by molar-refractivity contribution is 0.0660. The zero-order chi connectivity index (χ0) is 23.2. The van der Waals surface area contributed by atoms with Crippen LogP contribution in [0.1, 0.15) is 33.1 Å². The Morgan fingerprint density at radius 1 is 1.09 bits per heavy atom. The van der Waals surface area contributed by atoms with Gasteiger partial charge in [-0.25, -0.2) is 4.98 Å². The number of rotatable bonds is 5. The fourth-order valence-electron chi connectivity index (χ4n) is 5.05. The van der Waals surface area contributed by atoms with Crippen molar-refractivity contribution in [2.45, 2.75) is 51.3 Å². The fraction of sp³-hybridized carbons (Fsp3) is 0.462. The molecule has 2 bridgehead atoms. The van der Waals surface area contributed by atoms with Gasteiger partial charge in [-0.3, -0.25) is 9.36 Å². The first-order chi connectivity index (χ1) is 15.8. The molecule has 0 spiro atoms. The first kappa shape index (κ1) is 22.4. The van der Waals surface area contributed by atoms with E-state index in [1.165, 1.54) is 12.8 Å². The summed E-state index contributed by atoms with van der Waals surface area (Å²) >= 11 is 6.24. The molecule has 3 saturated heterocycles. The quantitative estimate of drug-likeness (QED) is 0.611. The molecule has 7 heteroatoms. The maximum atomic E-state index is 13.8. The van der Waals surface area contributed by atoms with Gasteiger partial charge in [0.15, 0.2) is 0 Å². The van der Waals surface area contributed by atoms with Crippen LogP contribution in [-0.4, -0.2) is 57.4 Å². The van der Waals surface area contributed by atoms with E-state index in [9.17, 15) is 9.90 Å². The van der Waals surface area contributed by atoms with Gasteiger partial charge in [0.05, 0.1) is 16.5 Å². The van der Waals surface area contributed by atoms with E-state index in [-0.39, 0.29) is 5.56 Å². The maximum absolute atomic E-state index is 13.8. The maximum Gasteiger partial charge on any atom is 0.261 e. The second kappa shape index (κ2) is 8.75. The smallest absolute Gasteiger partial charge is 0.261 e. The van der Waals surface area contributed by atoms with Crippen LogP contribution in [0.2, 0.25) is 5.02 Å². The molecule has 2 aromatic carbocycles. The summed E-state index contributed by atoms with van der Waals surface area (Å²) in [4.78, 5) is 23.7. The van der Waals surface area contributed by atoms with E-state index in [4.69, 9.17) is 16.6 Å². The van der Waals surface area contributed by atoms with Crippen molar-refractivity contribution in [3.8, 4) is 11.4 Å². The predicted molar refractivity (Wildman–Crippen MR) is 134 cm³/mol. The van der Waals surface area contributed by atoms with Crippen LogP contribution in [-0.2, 0) is 6.54 Å². The number of hydrogen-bond acceptors (Lipinski definition) is 5. The molecule has 3 fully saturated rings. The number of hydrogen-bond donors (Lipinski definition) is 1. The van der Waals surface area contributed by atoms with Gasteiger partial charge < -0.3 is 14.9 Å². The minimum absolute atomic E-state index is 0.0797. The highest BCUT2D eigenvalue weighted by atomic mass is 35.5. The van der Waals surface area contributed by atoms with E-state index in [1.807, 2.05) is 36.4 Å². The number of halogens is 1. The second-order valence-corrected chi connectivity index (χ2v) is 10.4. The standard InChI is InChI=1S/C26H31ClN4O2/c1-26(2,33)10-13-31-24(18-4-3-5-19(27)16-18)28-23-7-6-21(17-22(23)25(31)32)30-15-14-29-11-8-20(30)9-12-29/h3-7,16-17,20,33H,8-15H2,1-2H3. The molecule has 0 unspecified atom stereocenters. The van der Waals surface area contributed by atoms with Crippen LogP contribution in [0.25, 0.3) is 22.3 Å². The van der Waals surface area contributed by atoms with Gasteiger partial charge in [0, 0.05) is 55.0 Å². The SMILES string of the molecule is CC(C)(O)CCn1c(-c2cccc(Cl)c2)nc2ccc(N3CCN4CCC3CC4)cc2c1=O. The molecule has 1 aromatic heterocycles. The first-order valence-corrected chi connectivity index (χ1v) is 12.2. The number of nitrogens with zero attached hydrogens (tertiary/aromatic N) is 4. The van der Waals surface area contributed by atoms with Gasteiger partial charge in [-0.1, -0.05) is 23.7 Å². The third-order valence-corrected chi connectivity index (χ3v) is 7.19. The largest absolute Gasteiger partial charge is 0.390 e. The van der Waals surface area contributed by atoms with E-state index >= 15 is 0 Å². The molecule has 33 heavy (non-hydrogen) atoms. The lowest BCUT2D eigenvalue weighted by atomic mass is 10.0. The molecular weight excluding hydrogens is 436 g/mol. The molecule has 4 heterocycles. The van der Waals surface area contributed by atoms with Crippen LogP contribution in [0.15, 0.2) is 47.3 Å². The topological polar surface area (TPSA) is 61.6 Å². The number of aromatic nitrogens is 2. The Hall–Kier alpha value is -2.41. The van der Waals surface area contributed by atoms with E-state index in [0.717, 1.165) is 37.4 Å². The molecule has 3 aliphatic rings. The Labute approximate surface area is 199 Å². The summed E-state index contributed by atoms with van der Waals surface area (Å²) < 4.78 is 1.69. The molecule has 0 atom stereocenters. The number of piperidine rings is 1. The predicted octanol–water partition coefficient (Wildman–Crippen LogP) is 4.16. The van der Waals surface area contributed by atoms with Crippen LogP contribution >= 0.6 is 11.6 Å². The lowest BCUT2D eigenvalue weighted by Crippen LogP contribution is -2.38. The zero-order valence-electron chi connectivity index (χ0n) is 19.3. The zero-order valence-corrected chi connectivity index (χ0v) is 20.1. The summed E-state index contributed by atoms with van der Waals surface area (Å²) in [6.07, 6.45) is 2.77. The minimum atomic E-state index is -0.887. The summed E-state index contributed by atoms with van der Waals surface area (Å²) in [5.41, 5.74) is 1.60. The molecule has 6 nitrogen and oxygen atoms in total. The second-order valence-electron chi connectivity index (χ2n) is 9.93. The van der Waals surface area contributed by atoms with E-state index in [2.05, 4.69) is 15.9 Å². The summed E-state index contributed by atoms with van der Waals surface area (Å²) in [5.74, 6) is 0.577. The van der Waals surface area contributed by atoms with E-state index in [0.29, 0.717) is 40.8 Å². The molecule has 3 aromatic rings. The minimum Gasteiger partial charge on any atom is -0.390 e. The molecule has 174 valence electrons. The van der Waals surface area contributed by atoms with Crippen LogP contribution < -0.4 is 10.5 Å². The number of anilines is 1. The van der Waals surface area contributed by atoms with Crippen molar-refractivity contribution in [3.63, 3.8) is 0 Å². The van der Waals surface area contributed by atoms with Gasteiger partial charge in [0.2, 0.25) is 0 Å². The Morgan fingerprint density at radius 2 is 1.88 bits per heavy atom. The van der Waals surface area contributed by atoms with Crippen molar-refractivity contribution in [1.29, 1.82) is 0 Å². The normalized spacial score (nSPS) is 20.9. The molecule has 1 N–H and O–H groups in total. The third-order valence-electron chi connectivity index (χ3n) is 6.95. The Bertz CT molecular complexity index is 1230. The molecular formula is C26H31ClN4O2. The Kier molecular flexibility index (Phi) is 5.93. The highest BCUT2D eigenvalue weighted by Crippen LogP contribution is 2.29. The monoisotopic (exact) mass is 466 g/mol.